The number of nitrogens with zero attached hydrogens (tertiary/aromatic N) is 1. The number of amides is 2. The normalized spacial score (nSPS) is 12.1. The van der Waals surface area contributed by atoms with E-state index in [1.54, 1.807) is 29.5 Å². The second-order valence-corrected chi connectivity index (χ2v) is 6.53. The Labute approximate surface area is 140 Å². The van der Waals surface area contributed by atoms with Crippen LogP contribution in [0.3, 0.4) is 0 Å². The fourth-order valence-electron chi connectivity index (χ4n) is 2.30. The molecule has 1 atom stereocenters. The molecule has 23 heavy (non-hydrogen) atoms. The van der Waals surface area contributed by atoms with Gasteiger partial charge in [-0.15, -0.1) is 11.3 Å². The van der Waals surface area contributed by atoms with E-state index in [0.29, 0.717) is 19.5 Å². The van der Waals surface area contributed by atoms with Crippen LogP contribution < -0.4 is 10.6 Å². The van der Waals surface area contributed by atoms with Crippen LogP contribution in [0.2, 0.25) is 0 Å². The van der Waals surface area contributed by atoms with Crippen LogP contribution >= 0.6 is 11.3 Å². The molecule has 1 aromatic heterocycles. The standard InChI is InChI=1S/C17H23N3O2S/c1-20(2)15(16-7-4-10-23-16)12-19-17(22)18-9-8-13-5-3-6-14(21)11-13/h3-7,10-11,15,21H,8-9,12H2,1-2H3,(H2,18,19,22)/t15-/m0/s1. The van der Waals surface area contributed by atoms with E-state index in [1.165, 1.54) is 4.88 Å². The molecule has 2 aromatic rings. The van der Waals surface area contributed by atoms with Gasteiger partial charge >= 0.3 is 6.03 Å². The summed E-state index contributed by atoms with van der Waals surface area (Å²) in [6.07, 6.45) is 0.684. The summed E-state index contributed by atoms with van der Waals surface area (Å²) in [5.41, 5.74) is 0.995. The fraction of sp³-hybridized carbons (Fsp3) is 0.353. The predicted octanol–water partition coefficient (Wildman–Crippen LogP) is 2.60. The topological polar surface area (TPSA) is 64.6 Å². The Balaban J connectivity index is 1.74. The molecule has 1 aromatic carbocycles. The molecule has 1 heterocycles. The molecule has 0 aliphatic rings. The van der Waals surface area contributed by atoms with Crippen molar-refractivity contribution in [1.29, 1.82) is 0 Å². The summed E-state index contributed by atoms with van der Waals surface area (Å²) in [5.74, 6) is 0.247. The van der Waals surface area contributed by atoms with Gasteiger partial charge in [-0.2, -0.15) is 0 Å². The number of carbonyl (C=O) groups is 1. The molecule has 0 fully saturated rings. The average Bonchev–Trinajstić information content (AvgIpc) is 3.01. The lowest BCUT2D eigenvalue weighted by Gasteiger charge is -2.23. The van der Waals surface area contributed by atoms with Crippen LogP contribution in [0.25, 0.3) is 0 Å². The van der Waals surface area contributed by atoms with Crippen molar-refractivity contribution >= 4 is 17.4 Å². The first kappa shape index (κ1) is 17.3. The first-order chi connectivity index (χ1) is 11.1. The zero-order chi connectivity index (χ0) is 16.7. The molecular weight excluding hydrogens is 310 g/mol. The van der Waals surface area contributed by atoms with Crippen molar-refractivity contribution < 1.29 is 9.90 Å². The highest BCUT2D eigenvalue weighted by Crippen LogP contribution is 2.22. The van der Waals surface area contributed by atoms with Gasteiger partial charge in [-0.3, -0.25) is 0 Å². The SMILES string of the molecule is CN(C)[C@@H](CNC(=O)NCCc1cccc(O)c1)c1cccs1. The summed E-state index contributed by atoms with van der Waals surface area (Å²) in [7, 11) is 4.01. The smallest absolute Gasteiger partial charge is 0.314 e. The van der Waals surface area contributed by atoms with Gasteiger partial charge in [-0.1, -0.05) is 18.2 Å². The number of phenolic OH excluding ortho intramolecular Hbond substituents is 1. The van der Waals surface area contributed by atoms with Gasteiger partial charge in [-0.05, 0) is 49.7 Å². The minimum Gasteiger partial charge on any atom is -0.508 e. The molecule has 124 valence electrons. The second-order valence-electron chi connectivity index (χ2n) is 5.55. The lowest BCUT2D eigenvalue weighted by atomic mass is 10.1. The van der Waals surface area contributed by atoms with Crippen molar-refractivity contribution in [2.45, 2.75) is 12.5 Å². The molecule has 0 aliphatic heterocycles. The molecule has 0 aliphatic carbocycles. The van der Waals surface area contributed by atoms with Crippen molar-refractivity contribution in [2.75, 3.05) is 27.2 Å². The van der Waals surface area contributed by atoms with E-state index < -0.39 is 0 Å². The van der Waals surface area contributed by atoms with Gasteiger partial charge in [0.1, 0.15) is 5.75 Å². The Morgan fingerprint density at radius 3 is 2.74 bits per heavy atom. The summed E-state index contributed by atoms with van der Waals surface area (Å²) in [5, 5.41) is 17.2. The van der Waals surface area contributed by atoms with Crippen LogP contribution in [0.15, 0.2) is 41.8 Å². The molecule has 0 saturated heterocycles. The number of rotatable bonds is 7. The number of phenols is 1. The fourth-order valence-corrected chi connectivity index (χ4v) is 3.23. The second kappa shape index (κ2) is 8.55. The molecule has 5 nitrogen and oxygen atoms in total. The third-order valence-corrected chi connectivity index (χ3v) is 4.53. The van der Waals surface area contributed by atoms with Crippen LogP contribution in [-0.4, -0.2) is 43.2 Å². The van der Waals surface area contributed by atoms with Gasteiger partial charge in [0.25, 0.3) is 0 Å². The van der Waals surface area contributed by atoms with Crippen molar-refractivity contribution in [3.8, 4) is 5.75 Å². The van der Waals surface area contributed by atoms with Crippen molar-refractivity contribution in [3.05, 3.63) is 52.2 Å². The first-order valence-corrected chi connectivity index (χ1v) is 8.43. The zero-order valence-corrected chi connectivity index (χ0v) is 14.3. The average molecular weight is 333 g/mol. The third-order valence-electron chi connectivity index (χ3n) is 3.56. The largest absolute Gasteiger partial charge is 0.508 e. The van der Waals surface area contributed by atoms with Crippen molar-refractivity contribution in [3.63, 3.8) is 0 Å². The number of likely N-dealkylation sites (N-methyl/N-ethyl adjacent to an activating group) is 1. The first-order valence-electron chi connectivity index (χ1n) is 7.55. The molecule has 0 saturated carbocycles. The van der Waals surface area contributed by atoms with Gasteiger partial charge in [0, 0.05) is 18.0 Å². The Bertz CT molecular complexity index is 614. The number of nitrogens with one attached hydrogen (secondary N) is 2. The number of hydrogen-bond acceptors (Lipinski definition) is 4. The highest BCUT2D eigenvalue weighted by molar-refractivity contribution is 7.10. The van der Waals surface area contributed by atoms with Gasteiger partial charge in [-0.25, -0.2) is 4.79 Å². The number of benzene rings is 1. The Hall–Kier alpha value is -2.05. The van der Waals surface area contributed by atoms with E-state index in [0.717, 1.165) is 5.56 Å². The van der Waals surface area contributed by atoms with E-state index in [4.69, 9.17) is 0 Å². The quantitative estimate of drug-likeness (QED) is 0.730. The highest BCUT2D eigenvalue weighted by Gasteiger charge is 2.15. The molecular formula is C17H23N3O2S. The highest BCUT2D eigenvalue weighted by atomic mass is 32.1. The number of hydrogen-bond donors (Lipinski definition) is 3. The molecule has 0 radical (unpaired) electrons. The third kappa shape index (κ3) is 5.58. The van der Waals surface area contributed by atoms with Crippen molar-refractivity contribution in [1.82, 2.24) is 15.5 Å². The van der Waals surface area contributed by atoms with Crippen LogP contribution in [0, 0.1) is 0 Å². The van der Waals surface area contributed by atoms with Gasteiger partial charge in [0.15, 0.2) is 0 Å². The van der Waals surface area contributed by atoms with E-state index >= 15 is 0 Å². The number of thiophene rings is 1. The van der Waals surface area contributed by atoms with E-state index in [-0.39, 0.29) is 17.8 Å². The maximum Gasteiger partial charge on any atom is 0.314 e. The zero-order valence-electron chi connectivity index (χ0n) is 13.5. The van der Waals surface area contributed by atoms with Crippen LogP contribution in [-0.2, 0) is 6.42 Å². The maximum absolute atomic E-state index is 11.9. The monoisotopic (exact) mass is 333 g/mol. The lowest BCUT2D eigenvalue weighted by molar-refractivity contribution is 0.233. The van der Waals surface area contributed by atoms with Gasteiger partial charge in [0.05, 0.1) is 6.04 Å². The Kier molecular flexibility index (Phi) is 6.43. The number of carbonyl (C=O) groups excluding carboxylic acids is 1. The molecule has 0 spiro atoms. The van der Waals surface area contributed by atoms with Crippen LogP contribution in [0.5, 0.6) is 5.75 Å². The summed E-state index contributed by atoms with van der Waals surface area (Å²) in [4.78, 5) is 15.2. The lowest BCUT2D eigenvalue weighted by Crippen LogP contribution is -2.41. The molecule has 0 bridgehead atoms. The number of aromatic hydroxyl groups is 1. The Morgan fingerprint density at radius 1 is 1.26 bits per heavy atom. The van der Waals surface area contributed by atoms with Crippen LogP contribution in [0.1, 0.15) is 16.5 Å². The summed E-state index contributed by atoms with van der Waals surface area (Å²) in [6.45, 7) is 1.09. The van der Waals surface area contributed by atoms with E-state index in [1.807, 2.05) is 31.6 Å². The molecule has 2 rings (SSSR count). The van der Waals surface area contributed by atoms with Crippen molar-refractivity contribution in [2.24, 2.45) is 0 Å². The molecule has 0 unspecified atom stereocenters. The summed E-state index contributed by atoms with van der Waals surface area (Å²) >= 11 is 1.69. The van der Waals surface area contributed by atoms with E-state index in [2.05, 4.69) is 21.6 Å². The predicted molar refractivity (Wildman–Crippen MR) is 94.0 cm³/mol. The van der Waals surface area contributed by atoms with Gasteiger partial charge in [0.2, 0.25) is 0 Å². The summed E-state index contributed by atoms with van der Waals surface area (Å²) < 4.78 is 0. The Morgan fingerprint density at radius 2 is 2.09 bits per heavy atom. The minimum absolute atomic E-state index is 0.173. The minimum atomic E-state index is -0.173. The summed E-state index contributed by atoms with van der Waals surface area (Å²) in [6, 6.07) is 11.2. The molecule has 6 heteroatoms. The van der Waals surface area contributed by atoms with E-state index in [9.17, 15) is 9.90 Å². The van der Waals surface area contributed by atoms with Crippen LogP contribution in [0.4, 0.5) is 4.79 Å². The molecule has 3 N–H and O–H groups in total. The number of urea groups is 1. The van der Waals surface area contributed by atoms with Gasteiger partial charge < -0.3 is 20.6 Å². The molecule has 2 amide bonds. The maximum atomic E-state index is 11.9.